The molecule has 1 rings (SSSR count). The maximum Gasteiger partial charge on any atom is 0.302 e. The molecule has 1 aromatic heterocycles. The van der Waals surface area contributed by atoms with Crippen molar-refractivity contribution < 1.29 is 12.3 Å². The zero-order valence-electron chi connectivity index (χ0n) is 7.27. The molecule has 0 N–H and O–H groups in total. The molecule has 0 bridgehead atoms. The van der Waals surface area contributed by atoms with E-state index in [0.717, 1.165) is 5.69 Å². The van der Waals surface area contributed by atoms with Gasteiger partial charge in [0.2, 0.25) is 0 Å². The van der Waals surface area contributed by atoms with Crippen molar-refractivity contribution in [1.29, 1.82) is 0 Å². The van der Waals surface area contributed by atoms with Gasteiger partial charge in [0.05, 0.1) is 12.1 Å². The lowest BCUT2D eigenvalue weighted by Crippen LogP contribution is -2.06. The molecule has 0 aliphatic carbocycles. The number of aryl methyl sites for hydroxylation is 2. The second-order valence-electron chi connectivity index (χ2n) is 2.66. The Morgan fingerprint density at radius 2 is 2.31 bits per heavy atom. The van der Waals surface area contributed by atoms with E-state index in [2.05, 4.69) is 4.98 Å². The lowest BCUT2D eigenvalue weighted by atomic mass is 10.3. The average molecular weight is 206 g/mol. The summed E-state index contributed by atoms with van der Waals surface area (Å²) in [6.45, 7) is 2.62. The molecule has 0 unspecified atom stereocenters. The van der Waals surface area contributed by atoms with Crippen molar-refractivity contribution in [3.63, 3.8) is 0 Å². The van der Waals surface area contributed by atoms with E-state index in [1.54, 1.807) is 17.1 Å². The fourth-order valence-corrected chi connectivity index (χ4v) is 1.52. The molecule has 0 radical (unpaired) electrons. The van der Waals surface area contributed by atoms with Crippen molar-refractivity contribution in [2.75, 3.05) is 5.75 Å². The summed E-state index contributed by atoms with van der Waals surface area (Å²) in [6, 6.07) is 0. The molecule has 6 heteroatoms. The normalized spacial score (nSPS) is 11.8. The van der Waals surface area contributed by atoms with E-state index < -0.39 is 16.0 Å². The van der Waals surface area contributed by atoms with Crippen LogP contribution in [-0.2, 0) is 23.2 Å². The third-order valence-corrected chi connectivity index (χ3v) is 2.43. The molecule has 4 nitrogen and oxygen atoms in total. The minimum absolute atomic E-state index is 0.173. The van der Waals surface area contributed by atoms with Gasteiger partial charge in [-0.3, -0.25) is 0 Å². The number of rotatable bonds is 4. The van der Waals surface area contributed by atoms with Gasteiger partial charge in [0.1, 0.15) is 0 Å². The summed E-state index contributed by atoms with van der Waals surface area (Å²) in [7, 11) is -4.37. The van der Waals surface area contributed by atoms with Gasteiger partial charge in [-0.2, -0.15) is 8.42 Å². The lowest BCUT2D eigenvalue weighted by Gasteiger charge is -2.02. The van der Waals surface area contributed by atoms with Crippen molar-refractivity contribution >= 4 is 10.2 Å². The summed E-state index contributed by atoms with van der Waals surface area (Å²) in [4.78, 5) is 3.84. The fourth-order valence-electron chi connectivity index (χ4n) is 1.07. The number of nitrogens with zero attached hydrogens (tertiary/aromatic N) is 2. The van der Waals surface area contributed by atoms with Gasteiger partial charge in [-0.15, -0.1) is 3.89 Å². The first kappa shape index (κ1) is 10.2. The van der Waals surface area contributed by atoms with Gasteiger partial charge in [-0.05, 0) is 6.92 Å². The maximum absolute atomic E-state index is 12.2. The summed E-state index contributed by atoms with van der Waals surface area (Å²) in [6.07, 6.45) is 3.32. The van der Waals surface area contributed by atoms with E-state index >= 15 is 0 Å². The van der Waals surface area contributed by atoms with E-state index in [1.165, 1.54) is 0 Å². The molecule has 0 aromatic carbocycles. The van der Waals surface area contributed by atoms with Crippen molar-refractivity contribution in [2.45, 2.75) is 19.9 Å². The predicted molar refractivity (Wildman–Crippen MR) is 46.5 cm³/mol. The monoisotopic (exact) mass is 206 g/mol. The SMILES string of the molecule is CCn1cncc1CCS(=O)(=O)F. The van der Waals surface area contributed by atoms with Gasteiger partial charge in [-0.1, -0.05) is 0 Å². The molecule has 0 fully saturated rings. The van der Waals surface area contributed by atoms with E-state index in [9.17, 15) is 12.3 Å². The minimum Gasteiger partial charge on any atom is -0.335 e. The Labute approximate surface area is 76.6 Å². The molecular formula is C7H11FN2O2S. The summed E-state index contributed by atoms with van der Waals surface area (Å²) in [5.41, 5.74) is 0.740. The van der Waals surface area contributed by atoms with Crippen LogP contribution < -0.4 is 0 Å². The van der Waals surface area contributed by atoms with Crippen LogP contribution in [0.25, 0.3) is 0 Å². The van der Waals surface area contributed by atoms with Crippen LogP contribution >= 0.6 is 0 Å². The molecule has 0 aliphatic rings. The molecule has 0 aliphatic heterocycles. The Bertz CT molecular complexity index is 372. The molecule has 1 aromatic rings. The van der Waals surface area contributed by atoms with Crippen LogP contribution in [0.3, 0.4) is 0 Å². The zero-order valence-corrected chi connectivity index (χ0v) is 8.09. The van der Waals surface area contributed by atoms with Crippen molar-refractivity contribution in [1.82, 2.24) is 9.55 Å². The topological polar surface area (TPSA) is 52.0 Å². The Kier molecular flexibility index (Phi) is 3.02. The van der Waals surface area contributed by atoms with Gasteiger partial charge in [0.25, 0.3) is 0 Å². The van der Waals surface area contributed by atoms with Gasteiger partial charge in [0.15, 0.2) is 0 Å². The molecule has 0 amide bonds. The number of aromatic nitrogens is 2. The Morgan fingerprint density at radius 3 is 2.85 bits per heavy atom. The summed E-state index contributed by atoms with van der Waals surface area (Å²) < 4.78 is 34.4. The number of halogens is 1. The first-order valence-corrected chi connectivity index (χ1v) is 5.49. The number of imidazole rings is 1. The summed E-state index contributed by atoms with van der Waals surface area (Å²) >= 11 is 0. The molecular weight excluding hydrogens is 195 g/mol. The van der Waals surface area contributed by atoms with E-state index in [4.69, 9.17) is 0 Å². The summed E-state index contributed by atoms with van der Waals surface area (Å²) in [5, 5.41) is 0. The van der Waals surface area contributed by atoms with Crippen LogP contribution in [0, 0.1) is 0 Å². The van der Waals surface area contributed by atoms with Gasteiger partial charge < -0.3 is 4.57 Å². The molecule has 1 heterocycles. The molecule has 0 saturated carbocycles. The predicted octanol–water partition coefficient (Wildman–Crippen LogP) is 0.745. The van der Waals surface area contributed by atoms with Crippen LogP contribution in [0.5, 0.6) is 0 Å². The molecule has 0 atom stereocenters. The van der Waals surface area contributed by atoms with Crippen LogP contribution in [-0.4, -0.2) is 23.7 Å². The maximum atomic E-state index is 12.2. The molecule has 13 heavy (non-hydrogen) atoms. The highest BCUT2D eigenvalue weighted by molar-refractivity contribution is 7.86. The minimum atomic E-state index is -4.37. The Hall–Kier alpha value is -0.910. The highest BCUT2D eigenvalue weighted by Gasteiger charge is 2.09. The largest absolute Gasteiger partial charge is 0.335 e. The second-order valence-corrected chi connectivity index (χ2v) is 4.15. The van der Waals surface area contributed by atoms with Gasteiger partial charge in [-0.25, -0.2) is 4.98 Å². The number of hydrogen-bond acceptors (Lipinski definition) is 3. The molecule has 0 saturated heterocycles. The summed E-state index contributed by atoms with van der Waals surface area (Å²) in [5.74, 6) is -0.474. The molecule has 0 spiro atoms. The van der Waals surface area contributed by atoms with Crippen molar-refractivity contribution in [3.05, 3.63) is 18.2 Å². The van der Waals surface area contributed by atoms with Crippen LogP contribution in [0.1, 0.15) is 12.6 Å². The Balaban J connectivity index is 2.64. The number of hydrogen-bond donors (Lipinski definition) is 0. The third-order valence-electron chi connectivity index (χ3n) is 1.74. The fraction of sp³-hybridized carbons (Fsp3) is 0.571. The standard InChI is InChI=1S/C7H11FN2O2S/c1-2-10-6-9-5-7(10)3-4-13(8,11)12/h5-6H,2-4H2,1H3. The molecule has 74 valence electrons. The highest BCUT2D eigenvalue weighted by atomic mass is 32.3. The lowest BCUT2D eigenvalue weighted by molar-refractivity contribution is 0.550. The zero-order chi connectivity index (χ0) is 9.90. The van der Waals surface area contributed by atoms with Gasteiger partial charge in [0, 0.05) is 24.9 Å². The van der Waals surface area contributed by atoms with E-state index in [1.807, 2.05) is 6.92 Å². The smallest absolute Gasteiger partial charge is 0.302 e. The van der Waals surface area contributed by atoms with Gasteiger partial charge >= 0.3 is 10.2 Å². The van der Waals surface area contributed by atoms with Crippen LogP contribution in [0.2, 0.25) is 0 Å². The van der Waals surface area contributed by atoms with E-state index in [-0.39, 0.29) is 6.42 Å². The van der Waals surface area contributed by atoms with Crippen molar-refractivity contribution in [3.8, 4) is 0 Å². The third kappa shape index (κ3) is 3.14. The second kappa shape index (κ2) is 3.87. The Morgan fingerprint density at radius 1 is 1.62 bits per heavy atom. The quantitative estimate of drug-likeness (QED) is 0.683. The first-order valence-electron chi connectivity index (χ1n) is 3.94. The average Bonchev–Trinajstić information content (AvgIpc) is 2.46. The van der Waals surface area contributed by atoms with E-state index in [0.29, 0.717) is 6.54 Å². The van der Waals surface area contributed by atoms with Crippen LogP contribution in [0.4, 0.5) is 3.89 Å². The van der Waals surface area contributed by atoms with Crippen LogP contribution in [0.15, 0.2) is 12.5 Å². The highest BCUT2D eigenvalue weighted by Crippen LogP contribution is 2.03. The van der Waals surface area contributed by atoms with Crippen molar-refractivity contribution in [2.24, 2.45) is 0 Å². The first-order chi connectivity index (χ1) is 6.03.